The molecule has 1 fully saturated rings. The van der Waals surface area contributed by atoms with Crippen molar-refractivity contribution in [1.29, 1.82) is 0 Å². The number of hydrogen-bond acceptors (Lipinski definition) is 3. The molecule has 2 heterocycles. The number of nitrogens with zero attached hydrogens (tertiary/aromatic N) is 3. The number of rotatable bonds is 4. The van der Waals surface area contributed by atoms with Gasteiger partial charge in [-0.15, -0.1) is 0 Å². The number of aromatic nitrogens is 3. The number of hydrogen-bond donors (Lipinski definition) is 0. The molecular formula is C15H19N3O. The first kappa shape index (κ1) is 12.2. The molecule has 100 valence electrons. The molecule has 4 heteroatoms. The summed E-state index contributed by atoms with van der Waals surface area (Å²) in [6.45, 7) is 4.91. The van der Waals surface area contributed by atoms with Gasteiger partial charge in [0.25, 0.3) is 0 Å². The first-order valence-electron chi connectivity index (χ1n) is 6.73. The van der Waals surface area contributed by atoms with Crippen molar-refractivity contribution in [2.24, 2.45) is 13.0 Å². The monoisotopic (exact) mass is 257 g/mol. The van der Waals surface area contributed by atoms with Crippen LogP contribution in [-0.4, -0.2) is 21.4 Å². The zero-order chi connectivity index (χ0) is 13.4. The third kappa shape index (κ3) is 2.48. The van der Waals surface area contributed by atoms with Gasteiger partial charge in [-0.3, -0.25) is 9.67 Å². The molecule has 0 N–H and O–H groups in total. The predicted molar refractivity (Wildman–Crippen MR) is 74.1 cm³/mol. The highest BCUT2D eigenvalue weighted by Gasteiger charge is 2.23. The topological polar surface area (TPSA) is 39.9 Å². The summed E-state index contributed by atoms with van der Waals surface area (Å²) in [6.07, 6.45) is 8.34. The van der Waals surface area contributed by atoms with Crippen molar-refractivity contribution < 1.29 is 4.74 Å². The van der Waals surface area contributed by atoms with E-state index >= 15 is 0 Å². The van der Waals surface area contributed by atoms with Gasteiger partial charge in [0.05, 0.1) is 12.8 Å². The average Bonchev–Trinajstić information content (AvgIpc) is 3.12. The Hall–Kier alpha value is -1.84. The lowest BCUT2D eigenvalue weighted by atomic mass is 10.1. The van der Waals surface area contributed by atoms with Gasteiger partial charge in [-0.1, -0.05) is 0 Å². The van der Waals surface area contributed by atoms with Crippen LogP contribution in [0.3, 0.4) is 0 Å². The summed E-state index contributed by atoms with van der Waals surface area (Å²) in [5, 5.41) is 4.23. The maximum Gasteiger partial charge on any atom is 0.133 e. The average molecular weight is 257 g/mol. The molecule has 0 unspecified atom stereocenters. The van der Waals surface area contributed by atoms with Crippen molar-refractivity contribution in [3.8, 4) is 16.9 Å². The minimum Gasteiger partial charge on any atom is -0.492 e. The number of pyridine rings is 1. The summed E-state index contributed by atoms with van der Waals surface area (Å²) >= 11 is 0. The van der Waals surface area contributed by atoms with Crippen molar-refractivity contribution in [3.05, 3.63) is 29.8 Å². The van der Waals surface area contributed by atoms with Crippen LogP contribution < -0.4 is 4.74 Å². The highest BCUT2D eigenvalue weighted by Crippen LogP contribution is 2.36. The summed E-state index contributed by atoms with van der Waals surface area (Å²) in [4.78, 5) is 4.45. The van der Waals surface area contributed by atoms with Gasteiger partial charge in [0.15, 0.2) is 0 Å². The van der Waals surface area contributed by atoms with E-state index in [0.717, 1.165) is 40.7 Å². The summed E-state index contributed by atoms with van der Waals surface area (Å²) in [7, 11) is 1.92. The Morgan fingerprint density at radius 1 is 1.32 bits per heavy atom. The van der Waals surface area contributed by atoms with E-state index < -0.39 is 0 Å². The lowest BCUT2D eigenvalue weighted by Crippen LogP contribution is -2.04. The molecule has 0 radical (unpaired) electrons. The normalized spacial score (nSPS) is 14.7. The van der Waals surface area contributed by atoms with E-state index in [1.807, 2.05) is 32.6 Å². The van der Waals surface area contributed by atoms with Crippen LogP contribution in [0, 0.1) is 19.8 Å². The molecule has 0 atom stereocenters. The second-order valence-electron chi connectivity index (χ2n) is 5.37. The Bertz CT molecular complexity index is 599. The van der Waals surface area contributed by atoms with Crippen molar-refractivity contribution in [1.82, 2.24) is 14.8 Å². The van der Waals surface area contributed by atoms with E-state index in [4.69, 9.17) is 4.74 Å². The van der Waals surface area contributed by atoms with Crippen LogP contribution in [0.25, 0.3) is 11.1 Å². The van der Waals surface area contributed by atoms with Gasteiger partial charge in [0.1, 0.15) is 5.75 Å². The first-order valence-corrected chi connectivity index (χ1v) is 6.73. The van der Waals surface area contributed by atoms with Crippen molar-refractivity contribution in [2.45, 2.75) is 26.7 Å². The molecule has 0 bridgehead atoms. The third-order valence-electron chi connectivity index (χ3n) is 3.69. The quantitative estimate of drug-likeness (QED) is 0.845. The van der Waals surface area contributed by atoms with Crippen LogP contribution in [0.5, 0.6) is 5.75 Å². The molecule has 1 aliphatic rings. The molecule has 1 saturated carbocycles. The van der Waals surface area contributed by atoms with Gasteiger partial charge in [-0.2, -0.15) is 5.10 Å². The van der Waals surface area contributed by atoms with E-state index in [1.165, 1.54) is 12.8 Å². The SMILES string of the molecule is Cc1ncc(-c2cnn(C)c2)c(OCC2CC2)c1C. The van der Waals surface area contributed by atoms with Crippen LogP contribution in [0.2, 0.25) is 0 Å². The van der Waals surface area contributed by atoms with E-state index in [0.29, 0.717) is 0 Å². The Balaban J connectivity index is 1.99. The standard InChI is InChI=1S/C15H19N3O/c1-10-11(2)16-7-14(13-6-17-18(3)8-13)15(10)19-9-12-4-5-12/h6-8,12H,4-5,9H2,1-3H3. The van der Waals surface area contributed by atoms with E-state index in [-0.39, 0.29) is 0 Å². The van der Waals surface area contributed by atoms with Gasteiger partial charge in [0.2, 0.25) is 0 Å². The summed E-state index contributed by atoms with van der Waals surface area (Å²) in [5.41, 5.74) is 4.25. The van der Waals surface area contributed by atoms with Crippen molar-refractivity contribution >= 4 is 0 Å². The predicted octanol–water partition coefficient (Wildman–Crippen LogP) is 2.89. The van der Waals surface area contributed by atoms with Crippen LogP contribution in [0.15, 0.2) is 18.6 Å². The maximum absolute atomic E-state index is 6.06. The van der Waals surface area contributed by atoms with Crippen LogP contribution in [0.1, 0.15) is 24.1 Å². The fraction of sp³-hybridized carbons (Fsp3) is 0.467. The van der Waals surface area contributed by atoms with Crippen LogP contribution >= 0.6 is 0 Å². The molecular weight excluding hydrogens is 238 g/mol. The Morgan fingerprint density at radius 3 is 2.74 bits per heavy atom. The molecule has 1 aliphatic carbocycles. The molecule has 2 aromatic heterocycles. The Morgan fingerprint density at radius 2 is 2.11 bits per heavy atom. The fourth-order valence-electron chi connectivity index (χ4n) is 2.12. The molecule has 0 saturated heterocycles. The molecule has 2 aromatic rings. The minimum absolute atomic E-state index is 0.745. The molecule has 4 nitrogen and oxygen atoms in total. The molecule has 3 rings (SSSR count). The van der Waals surface area contributed by atoms with Gasteiger partial charge >= 0.3 is 0 Å². The highest BCUT2D eigenvalue weighted by atomic mass is 16.5. The molecule has 0 amide bonds. The molecule has 0 spiro atoms. The van der Waals surface area contributed by atoms with Crippen LogP contribution in [0.4, 0.5) is 0 Å². The second-order valence-corrected chi connectivity index (χ2v) is 5.37. The highest BCUT2D eigenvalue weighted by molar-refractivity contribution is 5.70. The summed E-state index contributed by atoms with van der Waals surface area (Å²) < 4.78 is 7.86. The molecule has 0 aromatic carbocycles. The summed E-state index contributed by atoms with van der Waals surface area (Å²) in [5.74, 6) is 1.71. The van der Waals surface area contributed by atoms with Gasteiger partial charge in [0, 0.05) is 41.8 Å². The molecule has 19 heavy (non-hydrogen) atoms. The van der Waals surface area contributed by atoms with Crippen molar-refractivity contribution in [2.75, 3.05) is 6.61 Å². The lowest BCUT2D eigenvalue weighted by Gasteiger charge is -2.14. The minimum atomic E-state index is 0.745. The van der Waals surface area contributed by atoms with Gasteiger partial charge < -0.3 is 4.74 Å². The van der Waals surface area contributed by atoms with Gasteiger partial charge in [-0.25, -0.2) is 0 Å². The molecule has 0 aliphatic heterocycles. The number of aryl methyl sites for hydroxylation is 2. The summed E-state index contributed by atoms with van der Waals surface area (Å²) in [6, 6.07) is 0. The lowest BCUT2D eigenvalue weighted by molar-refractivity contribution is 0.298. The maximum atomic E-state index is 6.06. The fourth-order valence-corrected chi connectivity index (χ4v) is 2.12. The largest absolute Gasteiger partial charge is 0.492 e. The van der Waals surface area contributed by atoms with E-state index in [2.05, 4.69) is 17.0 Å². The Kier molecular flexibility index (Phi) is 3.01. The van der Waals surface area contributed by atoms with Crippen LogP contribution in [-0.2, 0) is 7.05 Å². The van der Waals surface area contributed by atoms with Gasteiger partial charge in [-0.05, 0) is 32.6 Å². The third-order valence-corrected chi connectivity index (χ3v) is 3.69. The smallest absolute Gasteiger partial charge is 0.133 e. The van der Waals surface area contributed by atoms with E-state index in [1.54, 1.807) is 4.68 Å². The Labute approximate surface area is 113 Å². The first-order chi connectivity index (χ1) is 9.15. The van der Waals surface area contributed by atoms with Crippen molar-refractivity contribution in [3.63, 3.8) is 0 Å². The van der Waals surface area contributed by atoms with E-state index in [9.17, 15) is 0 Å². The number of ether oxygens (including phenoxy) is 1. The second kappa shape index (κ2) is 4.68. The zero-order valence-electron chi connectivity index (χ0n) is 11.7. The zero-order valence-corrected chi connectivity index (χ0v) is 11.7.